The molecule has 0 N–H and O–H groups in total. The van der Waals surface area contributed by atoms with Crippen molar-refractivity contribution in [1.29, 1.82) is 0 Å². The van der Waals surface area contributed by atoms with Gasteiger partial charge in [-0.2, -0.15) is 0 Å². The summed E-state index contributed by atoms with van der Waals surface area (Å²) in [6.07, 6.45) is 0. The van der Waals surface area contributed by atoms with Gasteiger partial charge in [0.05, 0.1) is 18.9 Å². The number of carbonyl (C=O) groups excluding carboxylic acids is 2. The molecule has 0 aromatic carbocycles. The summed E-state index contributed by atoms with van der Waals surface area (Å²) in [7, 11) is 0. The third kappa shape index (κ3) is 3.17. The second kappa shape index (κ2) is 7.17. The summed E-state index contributed by atoms with van der Waals surface area (Å²) >= 11 is 5.37. The Labute approximate surface area is 133 Å². The number of rotatable bonds is 5. The lowest BCUT2D eigenvalue weighted by Gasteiger charge is -2.06. The average Bonchev–Trinajstić information content (AvgIpc) is 2.64. The van der Waals surface area contributed by atoms with Crippen LogP contribution in [0.5, 0.6) is 0 Å². The highest BCUT2D eigenvalue weighted by Gasteiger charge is 2.24. The van der Waals surface area contributed by atoms with Gasteiger partial charge in [0.2, 0.25) is 0 Å². The number of fused-ring (bicyclic) bond motifs is 1. The second-order valence-corrected chi connectivity index (χ2v) is 4.89. The van der Waals surface area contributed by atoms with Crippen LogP contribution in [0.25, 0.3) is 11.3 Å². The molecule has 6 heteroatoms. The molecule has 2 rings (SSSR count). The van der Waals surface area contributed by atoms with E-state index in [4.69, 9.17) is 21.7 Å². The standard InChI is InChI=1S/C16H17NO4S/c1-3-20-13(18)10-17-12-9-7-5-6-8-11(12)14(15(17)22)16(19)21-4-2/h5-9H,3-4,10H2,1-2H3. The maximum Gasteiger partial charge on any atom is 0.341 e. The Kier molecular flexibility index (Phi) is 5.27. The van der Waals surface area contributed by atoms with E-state index in [9.17, 15) is 9.59 Å². The molecule has 2 aliphatic rings. The average molecular weight is 319 g/mol. The van der Waals surface area contributed by atoms with Crippen molar-refractivity contribution in [2.45, 2.75) is 20.4 Å². The second-order valence-electron chi connectivity index (χ2n) is 4.50. The van der Waals surface area contributed by atoms with Crippen LogP contribution < -0.4 is 0 Å². The van der Waals surface area contributed by atoms with Gasteiger partial charge in [0, 0.05) is 5.56 Å². The molecule has 0 atom stereocenters. The van der Waals surface area contributed by atoms with E-state index >= 15 is 0 Å². The van der Waals surface area contributed by atoms with E-state index in [1.54, 1.807) is 24.5 Å². The lowest BCUT2D eigenvalue weighted by molar-refractivity contribution is -0.143. The van der Waals surface area contributed by atoms with Gasteiger partial charge in [0.15, 0.2) is 0 Å². The summed E-state index contributed by atoms with van der Waals surface area (Å²) in [5.74, 6) is -0.876. The maximum atomic E-state index is 12.2. The molecule has 22 heavy (non-hydrogen) atoms. The molecule has 1 aliphatic heterocycles. The Morgan fingerprint density at radius 2 is 1.77 bits per heavy atom. The van der Waals surface area contributed by atoms with Crippen LogP contribution in [-0.2, 0) is 20.8 Å². The molecule has 0 amide bonds. The van der Waals surface area contributed by atoms with Gasteiger partial charge < -0.3 is 14.0 Å². The van der Waals surface area contributed by atoms with E-state index in [1.807, 2.05) is 24.3 Å². The summed E-state index contributed by atoms with van der Waals surface area (Å²) in [6, 6.07) is 9.08. The molecule has 0 aromatic rings. The van der Waals surface area contributed by atoms with Gasteiger partial charge in [0.25, 0.3) is 0 Å². The van der Waals surface area contributed by atoms with E-state index in [-0.39, 0.29) is 17.8 Å². The van der Waals surface area contributed by atoms with Crippen LogP contribution in [0.3, 0.4) is 0 Å². The van der Waals surface area contributed by atoms with Crippen molar-refractivity contribution in [3.63, 3.8) is 0 Å². The minimum atomic E-state index is -0.480. The Hall–Kier alpha value is -2.21. The minimum absolute atomic E-state index is 0.0351. The normalized spacial score (nSPS) is 10.5. The first kappa shape index (κ1) is 16.2. The van der Waals surface area contributed by atoms with Crippen molar-refractivity contribution in [2.75, 3.05) is 13.2 Å². The van der Waals surface area contributed by atoms with Gasteiger partial charge in [-0.15, -0.1) is 0 Å². The highest BCUT2D eigenvalue weighted by molar-refractivity contribution is 7.71. The summed E-state index contributed by atoms with van der Waals surface area (Å²) in [4.78, 5) is 24.0. The van der Waals surface area contributed by atoms with Crippen molar-refractivity contribution in [2.24, 2.45) is 0 Å². The van der Waals surface area contributed by atoms with Crippen LogP contribution in [0.1, 0.15) is 24.2 Å². The maximum absolute atomic E-state index is 12.2. The van der Waals surface area contributed by atoms with E-state index in [1.165, 1.54) is 0 Å². The summed E-state index contributed by atoms with van der Waals surface area (Å²) in [6.45, 7) is 4.00. The SMILES string of the molecule is CCOC(=O)Cn1c2cccccc-2c(C(=O)OCC)c1=S. The lowest BCUT2D eigenvalue weighted by Crippen LogP contribution is -2.14. The third-order valence-electron chi connectivity index (χ3n) is 3.11. The van der Waals surface area contributed by atoms with E-state index in [0.29, 0.717) is 23.4 Å². The van der Waals surface area contributed by atoms with Crippen LogP contribution in [0.15, 0.2) is 30.3 Å². The smallest absolute Gasteiger partial charge is 0.341 e. The molecule has 0 spiro atoms. The van der Waals surface area contributed by atoms with Crippen LogP contribution in [0, 0.1) is 4.64 Å². The Bertz CT molecular complexity index is 723. The molecule has 0 bridgehead atoms. The molecule has 1 aliphatic carbocycles. The Balaban J connectivity index is 2.58. The lowest BCUT2D eigenvalue weighted by atomic mass is 10.1. The molecule has 0 aromatic heterocycles. The van der Waals surface area contributed by atoms with Crippen molar-refractivity contribution in [3.05, 3.63) is 40.5 Å². The number of hydrogen-bond acceptors (Lipinski definition) is 5. The fourth-order valence-electron chi connectivity index (χ4n) is 2.24. The molecule has 0 radical (unpaired) electrons. The number of esters is 2. The zero-order valence-corrected chi connectivity index (χ0v) is 13.3. The van der Waals surface area contributed by atoms with Gasteiger partial charge in [-0.3, -0.25) is 4.79 Å². The number of hydrogen-bond donors (Lipinski definition) is 0. The van der Waals surface area contributed by atoms with E-state index in [0.717, 1.165) is 0 Å². The third-order valence-corrected chi connectivity index (χ3v) is 3.53. The summed E-state index contributed by atoms with van der Waals surface area (Å²) in [5, 5.41) is 0. The van der Waals surface area contributed by atoms with Crippen LogP contribution in [0.2, 0.25) is 0 Å². The molecule has 0 fully saturated rings. The highest BCUT2D eigenvalue weighted by atomic mass is 32.1. The van der Waals surface area contributed by atoms with Crippen molar-refractivity contribution in [3.8, 4) is 11.3 Å². The van der Waals surface area contributed by atoms with Crippen molar-refractivity contribution >= 4 is 24.2 Å². The molecular weight excluding hydrogens is 302 g/mol. The predicted octanol–water partition coefficient (Wildman–Crippen LogP) is 3.06. The van der Waals surface area contributed by atoms with Gasteiger partial charge >= 0.3 is 11.9 Å². The van der Waals surface area contributed by atoms with Gasteiger partial charge in [0.1, 0.15) is 16.7 Å². The van der Waals surface area contributed by atoms with Crippen LogP contribution >= 0.6 is 12.2 Å². The van der Waals surface area contributed by atoms with E-state index in [2.05, 4.69) is 0 Å². The topological polar surface area (TPSA) is 57.5 Å². The first-order valence-electron chi connectivity index (χ1n) is 7.04. The fourth-order valence-corrected chi connectivity index (χ4v) is 2.59. The molecule has 0 unspecified atom stereocenters. The molecule has 0 saturated carbocycles. The molecule has 116 valence electrons. The quantitative estimate of drug-likeness (QED) is 0.626. The Morgan fingerprint density at radius 1 is 1.09 bits per heavy atom. The molecule has 5 nitrogen and oxygen atoms in total. The monoisotopic (exact) mass is 319 g/mol. The highest BCUT2D eigenvalue weighted by Crippen LogP contribution is 2.29. The molecule has 1 heterocycles. The minimum Gasteiger partial charge on any atom is -0.465 e. The summed E-state index contributed by atoms with van der Waals surface area (Å²) in [5.41, 5.74) is 1.68. The van der Waals surface area contributed by atoms with Crippen molar-refractivity contribution in [1.82, 2.24) is 4.57 Å². The predicted molar refractivity (Wildman–Crippen MR) is 84.5 cm³/mol. The largest absolute Gasteiger partial charge is 0.465 e. The summed E-state index contributed by atoms with van der Waals surface area (Å²) < 4.78 is 11.9. The number of nitrogens with zero attached hydrogens (tertiary/aromatic N) is 1. The van der Waals surface area contributed by atoms with Crippen molar-refractivity contribution < 1.29 is 19.1 Å². The van der Waals surface area contributed by atoms with Gasteiger partial charge in [-0.25, -0.2) is 4.79 Å². The zero-order chi connectivity index (χ0) is 16.1. The number of ether oxygens (including phenoxy) is 2. The first-order chi connectivity index (χ1) is 10.6. The zero-order valence-electron chi connectivity index (χ0n) is 12.5. The van der Waals surface area contributed by atoms with Crippen LogP contribution in [-0.4, -0.2) is 29.7 Å². The number of aromatic nitrogens is 1. The van der Waals surface area contributed by atoms with Gasteiger partial charge in [-0.05, 0) is 19.9 Å². The fraction of sp³-hybridized carbons (Fsp3) is 0.312. The van der Waals surface area contributed by atoms with E-state index < -0.39 is 11.9 Å². The van der Waals surface area contributed by atoms with Crippen LogP contribution in [0.4, 0.5) is 0 Å². The first-order valence-corrected chi connectivity index (χ1v) is 7.45. The van der Waals surface area contributed by atoms with Gasteiger partial charge in [-0.1, -0.05) is 36.5 Å². The molecule has 0 saturated heterocycles. The Morgan fingerprint density at radius 3 is 2.45 bits per heavy atom. The number of carbonyl (C=O) groups is 2. The molecular formula is C16H17NO4S.